The third-order valence-electron chi connectivity index (χ3n) is 4.07. The van der Waals surface area contributed by atoms with Gasteiger partial charge in [0.1, 0.15) is 0 Å². The number of fused-ring (bicyclic) bond motifs is 1. The Kier molecular flexibility index (Phi) is 3.68. The fourth-order valence-electron chi connectivity index (χ4n) is 3.03. The molecule has 3 rings (SSSR count). The minimum absolute atomic E-state index is 0.185. The first-order valence-electron chi connectivity index (χ1n) is 7.12. The first-order chi connectivity index (χ1) is 10.1. The summed E-state index contributed by atoms with van der Waals surface area (Å²) in [6, 6.07) is 8.36. The van der Waals surface area contributed by atoms with Gasteiger partial charge >= 0.3 is 0 Å². The van der Waals surface area contributed by atoms with Gasteiger partial charge in [-0.3, -0.25) is 4.79 Å². The van der Waals surface area contributed by atoms with Crippen LogP contribution in [0.3, 0.4) is 0 Å². The summed E-state index contributed by atoms with van der Waals surface area (Å²) in [5.41, 5.74) is 7.74. The van der Waals surface area contributed by atoms with Crippen LogP contribution in [0.25, 0.3) is 0 Å². The summed E-state index contributed by atoms with van der Waals surface area (Å²) in [5.74, 6) is -0.418. The van der Waals surface area contributed by atoms with Gasteiger partial charge in [-0.25, -0.2) is 4.98 Å². The van der Waals surface area contributed by atoms with Crippen molar-refractivity contribution in [3.05, 3.63) is 45.9 Å². The molecule has 0 unspecified atom stereocenters. The third-order valence-corrected chi connectivity index (χ3v) is 4.97. The van der Waals surface area contributed by atoms with Gasteiger partial charge in [0.25, 0.3) is 0 Å². The van der Waals surface area contributed by atoms with Crippen molar-refractivity contribution in [3.8, 4) is 0 Å². The van der Waals surface area contributed by atoms with Crippen LogP contribution < -0.4 is 10.6 Å². The van der Waals surface area contributed by atoms with Crippen LogP contribution in [0.4, 0.5) is 5.69 Å². The topological polar surface area (TPSA) is 59.2 Å². The predicted molar refractivity (Wildman–Crippen MR) is 85.5 cm³/mol. The molecular weight excluding hydrogens is 282 g/mol. The van der Waals surface area contributed by atoms with Crippen LogP contribution >= 0.6 is 11.3 Å². The van der Waals surface area contributed by atoms with Gasteiger partial charge < -0.3 is 10.6 Å². The molecule has 0 fully saturated rings. The van der Waals surface area contributed by atoms with E-state index >= 15 is 0 Å². The van der Waals surface area contributed by atoms with E-state index in [0.717, 1.165) is 29.2 Å². The maximum absolute atomic E-state index is 11.7. The molecule has 0 aliphatic carbocycles. The lowest BCUT2D eigenvalue weighted by molar-refractivity contribution is -0.119. The Hall–Kier alpha value is -1.88. The first kappa shape index (κ1) is 14.1. The highest BCUT2D eigenvalue weighted by molar-refractivity contribution is 7.11. The van der Waals surface area contributed by atoms with Crippen LogP contribution in [-0.4, -0.2) is 16.9 Å². The number of nitrogens with two attached hydrogens (primary N) is 1. The molecule has 2 heterocycles. The van der Waals surface area contributed by atoms with E-state index in [0.29, 0.717) is 0 Å². The fraction of sp³-hybridized carbons (Fsp3) is 0.375. The SMILES string of the molecule is Cc1ncc(CN2c3ccccc3[C@@H](C(N)=O)C[C@@H]2C)s1. The number of primary amides is 1. The van der Waals surface area contributed by atoms with Crippen LogP contribution in [-0.2, 0) is 11.3 Å². The molecular formula is C16H19N3OS. The molecule has 2 atom stereocenters. The largest absolute Gasteiger partial charge is 0.369 e. The Morgan fingerprint density at radius 2 is 2.24 bits per heavy atom. The molecule has 0 spiro atoms. The van der Waals surface area contributed by atoms with Gasteiger partial charge in [-0.05, 0) is 31.9 Å². The van der Waals surface area contributed by atoms with Crippen molar-refractivity contribution in [2.24, 2.45) is 5.73 Å². The van der Waals surface area contributed by atoms with Gasteiger partial charge in [-0.15, -0.1) is 11.3 Å². The molecule has 1 aromatic carbocycles. The Balaban J connectivity index is 1.97. The zero-order valence-electron chi connectivity index (χ0n) is 12.2. The molecule has 21 heavy (non-hydrogen) atoms. The molecule has 1 aliphatic rings. The van der Waals surface area contributed by atoms with E-state index in [1.54, 1.807) is 11.3 Å². The maximum Gasteiger partial charge on any atom is 0.225 e. The van der Waals surface area contributed by atoms with E-state index in [2.05, 4.69) is 22.9 Å². The van der Waals surface area contributed by atoms with Crippen molar-refractivity contribution in [1.29, 1.82) is 0 Å². The number of carbonyl (C=O) groups is 1. The summed E-state index contributed by atoms with van der Waals surface area (Å²) < 4.78 is 0. The van der Waals surface area contributed by atoms with E-state index in [9.17, 15) is 4.79 Å². The van der Waals surface area contributed by atoms with Gasteiger partial charge in [-0.2, -0.15) is 0 Å². The summed E-state index contributed by atoms with van der Waals surface area (Å²) in [7, 11) is 0. The van der Waals surface area contributed by atoms with Gasteiger partial charge in [0.15, 0.2) is 0 Å². The van der Waals surface area contributed by atoms with E-state index in [4.69, 9.17) is 5.73 Å². The van der Waals surface area contributed by atoms with Crippen LogP contribution in [0.1, 0.15) is 34.7 Å². The molecule has 1 aromatic heterocycles. The second-order valence-electron chi connectivity index (χ2n) is 5.57. The molecule has 4 nitrogen and oxygen atoms in total. The van der Waals surface area contributed by atoms with Crippen LogP contribution in [0.15, 0.2) is 30.5 Å². The molecule has 2 N–H and O–H groups in total. The number of rotatable bonds is 3. The van der Waals surface area contributed by atoms with Gasteiger partial charge in [0, 0.05) is 22.8 Å². The highest BCUT2D eigenvalue weighted by Gasteiger charge is 2.33. The number of para-hydroxylation sites is 1. The quantitative estimate of drug-likeness (QED) is 0.948. The molecule has 1 aliphatic heterocycles. The molecule has 5 heteroatoms. The molecule has 2 aromatic rings. The molecule has 110 valence electrons. The molecule has 1 amide bonds. The lowest BCUT2D eigenvalue weighted by Crippen LogP contribution is -2.41. The number of anilines is 1. The smallest absolute Gasteiger partial charge is 0.225 e. The number of aryl methyl sites for hydroxylation is 1. The molecule has 0 bridgehead atoms. The minimum Gasteiger partial charge on any atom is -0.369 e. The zero-order valence-corrected chi connectivity index (χ0v) is 13.1. The predicted octanol–water partition coefficient (Wildman–Crippen LogP) is 2.82. The summed E-state index contributed by atoms with van der Waals surface area (Å²) in [6.07, 6.45) is 2.71. The summed E-state index contributed by atoms with van der Waals surface area (Å²) >= 11 is 1.72. The Labute approximate surface area is 128 Å². The second kappa shape index (κ2) is 5.48. The summed E-state index contributed by atoms with van der Waals surface area (Å²) in [6.45, 7) is 5.00. The van der Waals surface area contributed by atoms with Crippen molar-refractivity contribution in [2.75, 3.05) is 4.90 Å². The third kappa shape index (κ3) is 2.65. The number of hydrogen-bond donors (Lipinski definition) is 1. The average molecular weight is 301 g/mol. The highest BCUT2D eigenvalue weighted by atomic mass is 32.1. The minimum atomic E-state index is -0.234. The molecule has 0 saturated carbocycles. The first-order valence-corrected chi connectivity index (χ1v) is 7.94. The number of amides is 1. The van der Waals surface area contributed by atoms with Crippen LogP contribution in [0, 0.1) is 6.92 Å². The van der Waals surface area contributed by atoms with Crippen molar-refractivity contribution in [1.82, 2.24) is 4.98 Å². The number of nitrogens with zero attached hydrogens (tertiary/aromatic N) is 2. The normalized spacial score (nSPS) is 21.1. The van der Waals surface area contributed by atoms with Crippen LogP contribution in [0.5, 0.6) is 0 Å². The molecule has 0 saturated heterocycles. The van der Waals surface area contributed by atoms with E-state index in [1.165, 1.54) is 4.88 Å². The zero-order chi connectivity index (χ0) is 15.0. The number of carbonyl (C=O) groups excluding carboxylic acids is 1. The van der Waals surface area contributed by atoms with Crippen molar-refractivity contribution in [2.45, 2.75) is 38.8 Å². The van der Waals surface area contributed by atoms with Crippen LogP contribution in [0.2, 0.25) is 0 Å². The number of hydrogen-bond acceptors (Lipinski definition) is 4. The number of aromatic nitrogens is 1. The average Bonchev–Trinajstić information content (AvgIpc) is 2.87. The highest BCUT2D eigenvalue weighted by Crippen LogP contribution is 2.39. The second-order valence-corrected chi connectivity index (χ2v) is 6.89. The Morgan fingerprint density at radius 3 is 2.90 bits per heavy atom. The summed E-state index contributed by atoms with van der Waals surface area (Å²) in [4.78, 5) is 19.6. The van der Waals surface area contributed by atoms with Crippen molar-refractivity contribution in [3.63, 3.8) is 0 Å². The van der Waals surface area contributed by atoms with Gasteiger partial charge in [0.2, 0.25) is 5.91 Å². The Morgan fingerprint density at radius 1 is 1.48 bits per heavy atom. The van der Waals surface area contributed by atoms with E-state index < -0.39 is 0 Å². The van der Waals surface area contributed by atoms with E-state index in [1.807, 2.05) is 31.3 Å². The monoisotopic (exact) mass is 301 g/mol. The van der Waals surface area contributed by atoms with E-state index in [-0.39, 0.29) is 17.9 Å². The standard InChI is InChI=1S/C16H19N3OS/c1-10-7-14(16(17)20)13-5-3-4-6-15(13)19(10)9-12-8-18-11(2)21-12/h3-6,8,10,14H,7,9H2,1-2H3,(H2,17,20)/t10-,14-/m0/s1. The lowest BCUT2D eigenvalue weighted by atomic mass is 9.85. The number of benzene rings is 1. The fourth-order valence-corrected chi connectivity index (χ4v) is 3.83. The lowest BCUT2D eigenvalue weighted by Gasteiger charge is -2.39. The Bertz CT molecular complexity index is 667. The maximum atomic E-state index is 11.7. The van der Waals surface area contributed by atoms with Gasteiger partial charge in [0.05, 0.1) is 17.5 Å². The van der Waals surface area contributed by atoms with Crippen molar-refractivity contribution < 1.29 is 4.79 Å². The number of thiazole rings is 1. The van der Waals surface area contributed by atoms with Crippen molar-refractivity contribution >= 4 is 22.9 Å². The van der Waals surface area contributed by atoms with Gasteiger partial charge in [-0.1, -0.05) is 18.2 Å². The molecule has 0 radical (unpaired) electrons. The summed E-state index contributed by atoms with van der Waals surface area (Å²) in [5, 5.41) is 1.08.